The third kappa shape index (κ3) is 6.21. The number of hydrazine groups is 1. The average molecular weight is 599 g/mol. The second-order valence-corrected chi connectivity index (χ2v) is 11.4. The molecule has 3 aromatic rings. The lowest BCUT2D eigenvalue weighted by Crippen LogP contribution is -2.76. The quantitative estimate of drug-likeness (QED) is 0.387. The minimum absolute atomic E-state index is 0.0328. The van der Waals surface area contributed by atoms with E-state index in [1.54, 1.807) is 46.2 Å². The number of aromatic hydroxyl groups is 1. The second-order valence-electron chi connectivity index (χ2n) is 11.4. The minimum Gasteiger partial charge on any atom is -0.508 e. The van der Waals surface area contributed by atoms with E-state index in [0.29, 0.717) is 6.54 Å². The van der Waals surface area contributed by atoms with Gasteiger partial charge in [0, 0.05) is 38.8 Å². The fourth-order valence-corrected chi connectivity index (χ4v) is 6.38. The van der Waals surface area contributed by atoms with Crippen LogP contribution in [-0.2, 0) is 22.6 Å². The van der Waals surface area contributed by atoms with Crippen LogP contribution in [0.2, 0.25) is 0 Å². The number of benzene rings is 3. The molecule has 44 heavy (non-hydrogen) atoms. The number of carbonyl (C=O) groups is 3. The number of nitrogens with zero attached hydrogens (tertiary/aromatic N) is 5. The Bertz CT molecular complexity index is 1460. The van der Waals surface area contributed by atoms with E-state index in [1.165, 1.54) is 0 Å². The number of fused-ring (bicyclic) bond motifs is 1. The molecular weight excluding hydrogens is 556 g/mol. The Kier molecular flexibility index (Phi) is 9.39. The molecule has 2 N–H and O–H groups in total. The molecule has 0 radical (unpaired) electrons. The number of phenolic OH excluding ortho intramolecular Hbond substituents is 1. The molecule has 232 valence electrons. The van der Waals surface area contributed by atoms with Crippen LogP contribution in [0.4, 0.5) is 10.5 Å². The summed E-state index contributed by atoms with van der Waals surface area (Å²) >= 11 is 0. The number of hydrogen-bond acceptors (Lipinski definition) is 6. The Labute approximate surface area is 259 Å². The fourth-order valence-electron chi connectivity index (χ4n) is 6.38. The smallest absolute Gasteiger partial charge is 0.334 e. The van der Waals surface area contributed by atoms with Gasteiger partial charge in [-0.3, -0.25) is 9.59 Å². The lowest BCUT2D eigenvalue weighted by molar-refractivity contribution is -0.189. The van der Waals surface area contributed by atoms with E-state index in [-0.39, 0.29) is 49.1 Å². The lowest BCUT2D eigenvalue weighted by Gasteiger charge is -2.55. The van der Waals surface area contributed by atoms with Crippen LogP contribution >= 0.6 is 0 Å². The Morgan fingerprint density at radius 1 is 0.955 bits per heavy atom. The van der Waals surface area contributed by atoms with Crippen molar-refractivity contribution in [2.75, 3.05) is 38.1 Å². The Morgan fingerprint density at radius 3 is 2.30 bits per heavy atom. The summed E-state index contributed by atoms with van der Waals surface area (Å²) in [6, 6.07) is 23.0. The molecule has 2 heterocycles. The van der Waals surface area contributed by atoms with Crippen LogP contribution in [0, 0.1) is 0 Å². The van der Waals surface area contributed by atoms with Crippen molar-refractivity contribution in [1.82, 2.24) is 25.1 Å². The number of carbonyl (C=O) groups excluding carboxylic acids is 3. The molecule has 3 atom stereocenters. The van der Waals surface area contributed by atoms with Gasteiger partial charge in [-0.25, -0.2) is 14.8 Å². The van der Waals surface area contributed by atoms with Crippen LogP contribution in [0.1, 0.15) is 43.5 Å². The molecule has 5 rings (SSSR count). The zero-order chi connectivity index (χ0) is 31.4. The summed E-state index contributed by atoms with van der Waals surface area (Å²) in [5, 5.41) is 16.1. The van der Waals surface area contributed by atoms with Gasteiger partial charge < -0.3 is 25.1 Å². The van der Waals surface area contributed by atoms with Crippen molar-refractivity contribution in [3.8, 4) is 5.75 Å². The van der Waals surface area contributed by atoms with Crippen molar-refractivity contribution in [3.63, 3.8) is 0 Å². The number of hydrogen-bond donors (Lipinski definition) is 2. The molecule has 0 aromatic heterocycles. The summed E-state index contributed by atoms with van der Waals surface area (Å²) in [7, 11) is 1.73. The first-order valence-electron chi connectivity index (χ1n) is 15.3. The molecule has 0 saturated carbocycles. The molecule has 10 nitrogen and oxygen atoms in total. The number of rotatable bonds is 9. The highest BCUT2D eigenvalue weighted by Gasteiger charge is 2.51. The minimum atomic E-state index is -0.827. The van der Waals surface area contributed by atoms with Crippen LogP contribution in [0.5, 0.6) is 5.75 Å². The van der Waals surface area contributed by atoms with Gasteiger partial charge >= 0.3 is 6.03 Å². The van der Waals surface area contributed by atoms with Gasteiger partial charge in [0.25, 0.3) is 0 Å². The molecule has 0 bridgehead atoms. The predicted octanol–water partition coefficient (Wildman–Crippen LogP) is 3.98. The average Bonchev–Trinajstić information content (AvgIpc) is 3.03. The molecule has 4 amide bonds. The van der Waals surface area contributed by atoms with Crippen molar-refractivity contribution in [2.24, 2.45) is 0 Å². The van der Waals surface area contributed by atoms with Crippen LogP contribution < -0.4 is 10.2 Å². The van der Waals surface area contributed by atoms with Crippen molar-refractivity contribution < 1.29 is 19.5 Å². The molecule has 2 saturated heterocycles. The van der Waals surface area contributed by atoms with Gasteiger partial charge in [-0.15, -0.1) is 0 Å². The molecule has 0 unspecified atom stereocenters. The van der Waals surface area contributed by atoms with Gasteiger partial charge in [0.2, 0.25) is 11.8 Å². The first kappa shape index (κ1) is 30.9. The number of anilines is 1. The van der Waals surface area contributed by atoms with E-state index in [4.69, 9.17) is 0 Å². The van der Waals surface area contributed by atoms with Crippen LogP contribution in [0.15, 0.2) is 78.9 Å². The van der Waals surface area contributed by atoms with E-state index in [0.717, 1.165) is 35.5 Å². The molecule has 2 fully saturated rings. The maximum absolute atomic E-state index is 14.4. The first-order chi connectivity index (χ1) is 21.2. The van der Waals surface area contributed by atoms with Crippen LogP contribution in [0.3, 0.4) is 0 Å². The highest BCUT2D eigenvalue weighted by Crippen LogP contribution is 2.36. The summed E-state index contributed by atoms with van der Waals surface area (Å²) in [6.07, 6.45) is -0.453. The number of piperazine rings is 1. The predicted molar refractivity (Wildman–Crippen MR) is 170 cm³/mol. The highest BCUT2D eigenvalue weighted by atomic mass is 16.3. The van der Waals surface area contributed by atoms with Crippen LogP contribution in [0.25, 0.3) is 0 Å². The van der Waals surface area contributed by atoms with E-state index in [1.807, 2.05) is 54.3 Å². The second kappa shape index (κ2) is 13.4. The number of urea groups is 1. The fraction of sp³-hybridized carbons (Fsp3) is 0.382. The molecule has 2 aliphatic rings. The maximum atomic E-state index is 14.4. The normalized spacial score (nSPS) is 19.5. The standard InChI is InChI=1S/C34H42N6O4/c1-5-37(6-2)29-15-11-10-14-28(29)24(3)38-22-31-39(30(33(38)43)20-25-16-18-27(41)19-17-25)32(42)23-36(4)40(31)34(44)35-21-26-12-8-7-9-13-26/h7-19,24,30-31,41H,5-6,20-23H2,1-4H3,(H,35,44)/t24-,30+,31+/m1/s1. The Balaban J connectivity index is 1.52. The number of para-hydroxylation sites is 1. The molecule has 2 aliphatic heterocycles. The maximum Gasteiger partial charge on any atom is 0.334 e. The van der Waals surface area contributed by atoms with E-state index < -0.39 is 12.2 Å². The van der Waals surface area contributed by atoms with Crippen molar-refractivity contribution in [3.05, 3.63) is 95.6 Å². The summed E-state index contributed by atoms with van der Waals surface area (Å²) in [6.45, 7) is 8.34. The summed E-state index contributed by atoms with van der Waals surface area (Å²) in [5.41, 5.74) is 3.84. The third-order valence-electron chi connectivity index (χ3n) is 8.71. The molecular formula is C34H42N6O4. The number of amides is 4. The van der Waals surface area contributed by atoms with Gasteiger partial charge in [0.1, 0.15) is 18.0 Å². The van der Waals surface area contributed by atoms with Gasteiger partial charge in [0.15, 0.2) is 0 Å². The number of phenols is 1. The van der Waals surface area contributed by atoms with Crippen molar-refractivity contribution in [1.29, 1.82) is 0 Å². The first-order valence-corrected chi connectivity index (χ1v) is 15.3. The molecule has 10 heteroatoms. The summed E-state index contributed by atoms with van der Waals surface area (Å²) in [5.74, 6) is -0.252. The molecule has 0 aliphatic carbocycles. The van der Waals surface area contributed by atoms with E-state index >= 15 is 0 Å². The van der Waals surface area contributed by atoms with E-state index in [9.17, 15) is 19.5 Å². The zero-order valence-electron chi connectivity index (χ0n) is 25.9. The Hall–Kier alpha value is -4.57. The largest absolute Gasteiger partial charge is 0.508 e. The highest BCUT2D eigenvalue weighted by molar-refractivity contribution is 5.92. The van der Waals surface area contributed by atoms with Crippen LogP contribution in [-0.4, -0.2) is 88.2 Å². The lowest BCUT2D eigenvalue weighted by atomic mass is 9.95. The SMILES string of the molecule is CCN(CC)c1ccccc1[C@@H](C)N1C[C@H]2N(C(=O)CN(C)N2C(=O)NCc2ccccc2)[C@@H](Cc2ccc(O)cc2)C1=O. The van der Waals surface area contributed by atoms with Gasteiger partial charge in [-0.1, -0.05) is 60.7 Å². The monoisotopic (exact) mass is 598 g/mol. The Morgan fingerprint density at radius 2 is 1.61 bits per heavy atom. The van der Waals surface area contributed by atoms with E-state index in [2.05, 4.69) is 36.2 Å². The molecule has 3 aromatic carbocycles. The third-order valence-corrected chi connectivity index (χ3v) is 8.71. The summed E-state index contributed by atoms with van der Waals surface area (Å²) < 4.78 is 0. The number of likely N-dealkylation sites (N-methyl/N-ethyl adjacent to an activating group) is 1. The van der Waals surface area contributed by atoms with Gasteiger partial charge in [-0.05, 0) is 55.7 Å². The summed E-state index contributed by atoms with van der Waals surface area (Å²) in [4.78, 5) is 47.6. The van der Waals surface area contributed by atoms with Crippen molar-refractivity contribution >= 4 is 23.5 Å². The van der Waals surface area contributed by atoms with Gasteiger partial charge in [0.05, 0.1) is 19.1 Å². The topological polar surface area (TPSA) is 99.7 Å². The zero-order valence-corrected chi connectivity index (χ0v) is 25.9. The number of nitrogens with one attached hydrogen (secondary N) is 1. The molecule has 0 spiro atoms. The van der Waals surface area contributed by atoms with Crippen molar-refractivity contribution in [2.45, 2.75) is 52.0 Å². The van der Waals surface area contributed by atoms with Gasteiger partial charge in [-0.2, -0.15) is 0 Å².